The minimum absolute atomic E-state index is 0.438. The largest absolute Gasteiger partial charge is 0.513 e. The molecule has 2 heteroatoms. The first-order valence-corrected chi connectivity index (χ1v) is 11.7. The zero-order valence-electron chi connectivity index (χ0n) is 17.8. The van der Waals surface area contributed by atoms with Gasteiger partial charge in [0.1, 0.15) is 5.78 Å². The number of hydrogen-bond donors (Lipinski definition) is 1. The quantitative estimate of drug-likeness (QED) is 0.548. The number of fused-ring (bicyclic) bond motifs is 5. The summed E-state index contributed by atoms with van der Waals surface area (Å²) >= 11 is 0. The number of Topliss-reactive ketones (excluding diaryl/α,β-unsaturated/α-hetero) is 1. The van der Waals surface area contributed by atoms with Gasteiger partial charge in [-0.05, 0) is 111 Å². The van der Waals surface area contributed by atoms with E-state index >= 15 is 0 Å². The summed E-state index contributed by atoms with van der Waals surface area (Å²) in [5.41, 5.74) is 0.967. The van der Waals surface area contributed by atoms with Crippen molar-refractivity contribution in [3.63, 3.8) is 0 Å². The highest BCUT2D eigenvalue weighted by molar-refractivity contribution is 5.79. The second-order valence-electron chi connectivity index (χ2n) is 10.9. The molecule has 4 saturated carbocycles. The van der Waals surface area contributed by atoms with E-state index in [0.717, 1.165) is 55.8 Å². The number of carbonyl (C=O) groups excluding carboxylic acids is 1. The lowest BCUT2D eigenvalue weighted by Crippen LogP contribution is -2.53. The lowest BCUT2D eigenvalue weighted by Gasteiger charge is -2.60. The van der Waals surface area contributed by atoms with Gasteiger partial charge >= 0.3 is 0 Å². The normalized spacial score (nSPS) is 47.3. The summed E-state index contributed by atoms with van der Waals surface area (Å²) in [5, 5.41) is 9.78. The van der Waals surface area contributed by atoms with Crippen LogP contribution in [0.5, 0.6) is 0 Å². The number of carbonyl (C=O) groups is 1. The van der Waals surface area contributed by atoms with Crippen LogP contribution in [0.4, 0.5) is 0 Å². The van der Waals surface area contributed by atoms with E-state index < -0.39 is 0 Å². The summed E-state index contributed by atoms with van der Waals surface area (Å²) in [6.07, 6.45) is 16.3. The van der Waals surface area contributed by atoms with Crippen molar-refractivity contribution in [3.8, 4) is 0 Å². The van der Waals surface area contributed by atoms with Gasteiger partial charge in [0.25, 0.3) is 0 Å². The van der Waals surface area contributed by atoms with Gasteiger partial charge in [0.05, 0.1) is 5.76 Å². The van der Waals surface area contributed by atoms with Gasteiger partial charge in [0.2, 0.25) is 0 Å². The molecule has 0 bridgehead atoms. The van der Waals surface area contributed by atoms with E-state index in [4.69, 9.17) is 0 Å². The maximum absolute atomic E-state index is 12.0. The first-order chi connectivity index (χ1) is 12.9. The Labute approximate surface area is 166 Å². The molecule has 0 aliphatic heterocycles. The maximum Gasteiger partial charge on any atom is 0.133 e. The van der Waals surface area contributed by atoms with Gasteiger partial charge in [-0.1, -0.05) is 13.8 Å². The summed E-state index contributed by atoms with van der Waals surface area (Å²) in [7, 11) is 0. The lowest BCUT2D eigenvalue weighted by molar-refractivity contribution is -0.139. The van der Waals surface area contributed by atoms with Crippen LogP contribution in [0.3, 0.4) is 0 Å². The van der Waals surface area contributed by atoms with Gasteiger partial charge < -0.3 is 5.11 Å². The number of rotatable bonds is 4. The summed E-state index contributed by atoms with van der Waals surface area (Å²) in [5.74, 6) is 5.31. The van der Waals surface area contributed by atoms with E-state index in [1.807, 2.05) is 13.0 Å². The number of ketones is 1. The van der Waals surface area contributed by atoms with Crippen molar-refractivity contribution in [1.82, 2.24) is 0 Å². The molecular formula is C25H40O2. The molecule has 0 aromatic rings. The first kappa shape index (κ1) is 19.5. The predicted octanol–water partition coefficient (Wildman–Crippen LogP) is 6.85. The highest BCUT2D eigenvalue weighted by Gasteiger charge is 2.59. The van der Waals surface area contributed by atoms with Crippen LogP contribution < -0.4 is 0 Å². The summed E-state index contributed by atoms with van der Waals surface area (Å²) < 4.78 is 0. The predicted molar refractivity (Wildman–Crippen MR) is 110 cm³/mol. The summed E-state index contributed by atoms with van der Waals surface area (Å²) in [4.78, 5) is 12.0. The van der Waals surface area contributed by atoms with E-state index in [9.17, 15) is 9.90 Å². The molecule has 7 unspecified atom stereocenters. The third kappa shape index (κ3) is 3.19. The minimum Gasteiger partial charge on any atom is -0.513 e. The molecule has 0 saturated heterocycles. The second-order valence-corrected chi connectivity index (χ2v) is 10.9. The fourth-order valence-electron chi connectivity index (χ4n) is 8.30. The molecule has 0 amide bonds. The minimum atomic E-state index is 0.438. The van der Waals surface area contributed by atoms with E-state index in [-0.39, 0.29) is 0 Å². The van der Waals surface area contributed by atoms with Crippen molar-refractivity contribution in [2.75, 3.05) is 0 Å². The van der Waals surface area contributed by atoms with Gasteiger partial charge in [-0.3, -0.25) is 4.79 Å². The average molecular weight is 373 g/mol. The van der Waals surface area contributed by atoms with Gasteiger partial charge in [-0.25, -0.2) is 0 Å². The van der Waals surface area contributed by atoms with Gasteiger partial charge in [-0.15, -0.1) is 0 Å². The molecule has 1 N–H and O–H groups in total. The monoisotopic (exact) mass is 372 g/mol. The fourth-order valence-corrected chi connectivity index (χ4v) is 8.30. The van der Waals surface area contributed by atoms with Crippen LogP contribution in [0.2, 0.25) is 0 Å². The van der Waals surface area contributed by atoms with Crippen LogP contribution in [0.15, 0.2) is 11.8 Å². The van der Waals surface area contributed by atoms with Crippen molar-refractivity contribution >= 4 is 5.78 Å². The molecule has 0 aromatic heterocycles. The van der Waals surface area contributed by atoms with Crippen LogP contribution in [0, 0.1) is 40.4 Å². The highest BCUT2D eigenvalue weighted by Crippen LogP contribution is 2.67. The van der Waals surface area contributed by atoms with Crippen molar-refractivity contribution in [1.29, 1.82) is 0 Å². The number of aliphatic hydroxyl groups is 1. The Hall–Kier alpha value is -0.790. The molecule has 4 aliphatic carbocycles. The smallest absolute Gasteiger partial charge is 0.133 e. The number of allylic oxidation sites excluding steroid dienone is 2. The van der Waals surface area contributed by atoms with Crippen LogP contribution in [-0.2, 0) is 4.79 Å². The van der Waals surface area contributed by atoms with E-state index in [2.05, 4.69) is 13.8 Å². The van der Waals surface area contributed by atoms with Gasteiger partial charge in [-0.2, -0.15) is 0 Å². The zero-order valence-corrected chi connectivity index (χ0v) is 17.8. The zero-order chi connectivity index (χ0) is 19.2. The first-order valence-electron chi connectivity index (χ1n) is 11.7. The summed E-state index contributed by atoms with van der Waals surface area (Å²) in [6, 6.07) is 0. The number of hydrogen-bond acceptors (Lipinski definition) is 2. The average Bonchev–Trinajstić information content (AvgIpc) is 2.99. The third-order valence-corrected chi connectivity index (χ3v) is 10.00. The molecule has 4 aliphatic rings. The van der Waals surface area contributed by atoms with Gasteiger partial charge in [0, 0.05) is 19.3 Å². The van der Waals surface area contributed by atoms with Crippen molar-refractivity contribution in [2.45, 2.75) is 97.8 Å². The Morgan fingerprint density at radius 3 is 2.63 bits per heavy atom. The number of aliphatic hydroxyl groups excluding tert-OH is 1. The third-order valence-electron chi connectivity index (χ3n) is 10.00. The second kappa shape index (κ2) is 7.23. The molecule has 0 radical (unpaired) electrons. The Balaban J connectivity index is 1.46. The fraction of sp³-hybridized carbons (Fsp3) is 0.880. The molecule has 152 valence electrons. The Bertz CT molecular complexity index is 607. The Morgan fingerprint density at radius 2 is 1.85 bits per heavy atom. The van der Waals surface area contributed by atoms with E-state index in [1.54, 1.807) is 0 Å². The molecule has 4 fully saturated rings. The molecule has 0 aromatic carbocycles. The Kier molecular flexibility index (Phi) is 5.23. The lowest BCUT2D eigenvalue weighted by atomic mass is 9.44. The molecular weight excluding hydrogens is 332 g/mol. The van der Waals surface area contributed by atoms with Crippen molar-refractivity contribution in [3.05, 3.63) is 11.8 Å². The van der Waals surface area contributed by atoms with Crippen LogP contribution in [0.25, 0.3) is 0 Å². The van der Waals surface area contributed by atoms with Crippen LogP contribution >= 0.6 is 0 Å². The highest BCUT2D eigenvalue weighted by atomic mass is 16.3. The molecule has 0 heterocycles. The maximum atomic E-state index is 12.0. The van der Waals surface area contributed by atoms with Crippen molar-refractivity contribution < 1.29 is 9.90 Å². The molecule has 7 atom stereocenters. The molecule has 0 spiro atoms. The molecule has 27 heavy (non-hydrogen) atoms. The SMILES string of the molecule is C/C=C(/O)CCCC1CCC2C3CCC4CC(=O)CCC4(C)C3CCC12C. The van der Waals surface area contributed by atoms with Gasteiger partial charge in [0.15, 0.2) is 0 Å². The molecule has 4 rings (SSSR count). The summed E-state index contributed by atoms with van der Waals surface area (Å²) in [6.45, 7) is 7.09. The van der Waals surface area contributed by atoms with E-state index in [0.29, 0.717) is 28.3 Å². The molecule has 2 nitrogen and oxygen atoms in total. The standard InChI is InChI=1S/C25H40O2/c1-4-19(26)7-5-6-17-9-11-22-21-10-8-18-16-20(27)12-14-25(18,3)23(21)13-15-24(17,22)2/h4,17-18,21-23,26H,5-16H2,1-3H3/b19-4+. The van der Waals surface area contributed by atoms with Crippen molar-refractivity contribution in [2.24, 2.45) is 40.4 Å². The Morgan fingerprint density at radius 1 is 1.07 bits per heavy atom. The van der Waals surface area contributed by atoms with E-state index in [1.165, 1.54) is 44.9 Å². The topological polar surface area (TPSA) is 37.3 Å². The van der Waals surface area contributed by atoms with Crippen LogP contribution in [0.1, 0.15) is 97.8 Å². The van der Waals surface area contributed by atoms with Crippen LogP contribution in [-0.4, -0.2) is 10.9 Å².